The second-order valence-electron chi connectivity index (χ2n) is 4.03. The number of hydrogen-bond acceptors (Lipinski definition) is 4. The van der Waals surface area contributed by atoms with Crippen LogP contribution in [0.1, 0.15) is 18.6 Å². The van der Waals surface area contributed by atoms with Crippen LogP contribution in [0.25, 0.3) is 10.9 Å². The van der Waals surface area contributed by atoms with E-state index in [4.69, 9.17) is 11.6 Å². The molecule has 6 heteroatoms. The third kappa shape index (κ3) is 2.27. The smallest absolute Gasteiger partial charge is 0.240 e. The van der Waals surface area contributed by atoms with E-state index >= 15 is 0 Å². The molecular weight excluding hydrogens is 256 g/mol. The van der Waals surface area contributed by atoms with Gasteiger partial charge in [-0.3, -0.25) is 10.1 Å². The van der Waals surface area contributed by atoms with E-state index in [9.17, 15) is 15.2 Å². The highest BCUT2D eigenvalue weighted by atomic mass is 35.5. The lowest BCUT2D eigenvalue weighted by molar-refractivity contribution is -0.531. The van der Waals surface area contributed by atoms with Crippen LogP contribution in [0.4, 0.5) is 0 Å². The molecule has 18 heavy (non-hydrogen) atoms. The van der Waals surface area contributed by atoms with Crippen LogP contribution in [0.5, 0.6) is 0 Å². The number of nitrogens with zero attached hydrogens (tertiary/aromatic N) is 2. The zero-order valence-corrected chi connectivity index (χ0v) is 10.3. The number of rotatable bonds is 3. The van der Waals surface area contributed by atoms with Crippen molar-refractivity contribution in [2.24, 2.45) is 0 Å². The highest BCUT2D eigenvalue weighted by Crippen LogP contribution is 2.28. The Morgan fingerprint density at radius 3 is 2.78 bits per heavy atom. The molecule has 1 N–H and O–H groups in total. The molecule has 1 aromatic heterocycles. The quantitative estimate of drug-likeness (QED) is 0.526. The largest absolute Gasteiger partial charge is 0.381 e. The molecule has 0 bridgehead atoms. The van der Waals surface area contributed by atoms with E-state index in [-0.39, 0.29) is 10.7 Å². The molecule has 2 aromatic rings. The van der Waals surface area contributed by atoms with E-state index in [1.165, 1.54) is 6.92 Å². The van der Waals surface area contributed by atoms with Crippen LogP contribution in [0.15, 0.2) is 30.3 Å². The number of pyridine rings is 1. The van der Waals surface area contributed by atoms with Crippen molar-refractivity contribution in [2.45, 2.75) is 19.1 Å². The summed E-state index contributed by atoms with van der Waals surface area (Å²) in [6.45, 7) is 1.33. The van der Waals surface area contributed by atoms with Crippen LogP contribution < -0.4 is 0 Å². The molecule has 2 rings (SSSR count). The van der Waals surface area contributed by atoms with Crippen molar-refractivity contribution in [2.75, 3.05) is 0 Å². The van der Waals surface area contributed by atoms with Crippen LogP contribution in [0, 0.1) is 10.1 Å². The molecule has 0 aliphatic rings. The van der Waals surface area contributed by atoms with Crippen molar-refractivity contribution >= 4 is 22.5 Å². The molecular formula is C12H11ClN2O3. The zero-order chi connectivity index (χ0) is 13.3. The number of aliphatic hydroxyl groups is 1. The summed E-state index contributed by atoms with van der Waals surface area (Å²) in [7, 11) is 0. The number of nitro groups is 1. The monoisotopic (exact) mass is 266 g/mol. The Morgan fingerprint density at radius 2 is 2.11 bits per heavy atom. The van der Waals surface area contributed by atoms with Crippen LogP contribution in [-0.4, -0.2) is 21.1 Å². The number of hydrogen-bond donors (Lipinski definition) is 1. The summed E-state index contributed by atoms with van der Waals surface area (Å²) in [5.41, 5.74) is 0.965. The van der Waals surface area contributed by atoms with Gasteiger partial charge < -0.3 is 5.11 Å². The van der Waals surface area contributed by atoms with E-state index in [1.54, 1.807) is 12.1 Å². The zero-order valence-electron chi connectivity index (χ0n) is 9.58. The summed E-state index contributed by atoms with van der Waals surface area (Å²) in [5.74, 6) is 0. The summed E-state index contributed by atoms with van der Waals surface area (Å²) >= 11 is 5.95. The number of benzene rings is 1. The lowest BCUT2D eigenvalue weighted by atomic mass is 10.0. The first-order valence-electron chi connectivity index (χ1n) is 5.37. The Balaban J connectivity index is 2.50. The number of aromatic nitrogens is 1. The summed E-state index contributed by atoms with van der Waals surface area (Å²) in [6.07, 6.45) is -1.27. The average Bonchev–Trinajstić information content (AvgIpc) is 2.36. The third-order valence-corrected chi connectivity index (χ3v) is 3.12. The molecule has 0 radical (unpaired) electrons. The van der Waals surface area contributed by atoms with Gasteiger partial charge in [0.1, 0.15) is 11.3 Å². The highest BCUT2D eigenvalue weighted by Gasteiger charge is 2.28. The van der Waals surface area contributed by atoms with E-state index < -0.39 is 17.1 Å². The van der Waals surface area contributed by atoms with Gasteiger partial charge in [0.2, 0.25) is 6.04 Å². The fourth-order valence-corrected chi connectivity index (χ4v) is 1.95. The Labute approximate surface area is 108 Å². The van der Waals surface area contributed by atoms with Gasteiger partial charge in [-0.15, -0.1) is 0 Å². The molecule has 0 saturated carbocycles. The normalized spacial score (nSPS) is 14.4. The van der Waals surface area contributed by atoms with Gasteiger partial charge in [0, 0.05) is 22.8 Å². The molecule has 0 amide bonds. The van der Waals surface area contributed by atoms with Gasteiger partial charge in [0.15, 0.2) is 0 Å². The first kappa shape index (κ1) is 12.7. The van der Waals surface area contributed by atoms with Gasteiger partial charge in [0.25, 0.3) is 0 Å². The lowest BCUT2D eigenvalue weighted by Gasteiger charge is -2.14. The molecule has 2 atom stereocenters. The molecule has 1 aromatic carbocycles. The highest BCUT2D eigenvalue weighted by molar-refractivity contribution is 6.30. The maximum absolute atomic E-state index is 10.7. The number of fused-ring (bicyclic) bond motifs is 1. The lowest BCUT2D eigenvalue weighted by Crippen LogP contribution is -2.24. The van der Waals surface area contributed by atoms with Crippen molar-refractivity contribution < 1.29 is 10.0 Å². The SMILES string of the molecule is C[C@H]([C@@H](O)c1cc2ccccc2nc1Cl)[N+](=O)[O-]. The minimum atomic E-state index is -1.27. The molecule has 94 valence electrons. The minimum absolute atomic E-state index is 0.0925. The molecule has 0 aliphatic carbocycles. The second-order valence-corrected chi connectivity index (χ2v) is 4.39. The van der Waals surface area contributed by atoms with Crippen LogP contribution >= 0.6 is 11.6 Å². The summed E-state index contributed by atoms with van der Waals surface area (Å²) < 4.78 is 0. The predicted octanol–water partition coefficient (Wildman–Crippen LogP) is 2.59. The van der Waals surface area contributed by atoms with Gasteiger partial charge in [-0.25, -0.2) is 4.98 Å². The molecule has 0 spiro atoms. The molecule has 0 unspecified atom stereocenters. The van der Waals surface area contributed by atoms with Crippen molar-refractivity contribution in [1.82, 2.24) is 4.98 Å². The fraction of sp³-hybridized carbons (Fsp3) is 0.250. The summed E-state index contributed by atoms with van der Waals surface area (Å²) in [5, 5.41) is 21.5. The first-order valence-corrected chi connectivity index (χ1v) is 5.75. The Hall–Kier alpha value is -1.72. The first-order chi connectivity index (χ1) is 8.50. The van der Waals surface area contributed by atoms with E-state index in [1.807, 2.05) is 18.2 Å². The molecule has 0 saturated heterocycles. The van der Waals surface area contributed by atoms with Crippen LogP contribution in [0.3, 0.4) is 0 Å². The Bertz CT molecular complexity index is 603. The minimum Gasteiger partial charge on any atom is -0.381 e. The molecule has 5 nitrogen and oxygen atoms in total. The standard InChI is InChI=1S/C12H11ClN2O3/c1-7(15(17)18)11(16)9-6-8-4-2-3-5-10(8)14-12(9)13/h2-7,11,16H,1H3/t7-,11-/m1/s1. The van der Waals surface area contributed by atoms with Crippen molar-refractivity contribution in [1.29, 1.82) is 0 Å². The topological polar surface area (TPSA) is 76.3 Å². The third-order valence-electron chi connectivity index (χ3n) is 2.81. The van der Waals surface area contributed by atoms with Gasteiger partial charge in [-0.2, -0.15) is 0 Å². The van der Waals surface area contributed by atoms with Gasteiger partial charge >= 0.3 is 0 Å². The number of para-hydroxylation sites is 1. The summed E-state index contributed by atoms with van der Waals surface area (Å²) in [6, 6.07) is 7.74. The Morgan fingerprint density at radius 1 is 1.44 bits per heavy atom. The van der Waals surface area contributed by atoms with E-state index in [0.717, 1.165) is 5.39 Å². The van der Waals surface area contributed by atoms with Crippen LogP contribution in [0.2, 0.25) is 5.15 Å². The van der Waals surface area contributed by atoms with Gasteiger partial charge in [-0.05, 0) is 12.1 Å². The predicted molar refractivity (Wildman–Crippen MR) is 68.2 cm³/mol. The van der Waals surface area contributed by atoms with E-state index in [0.29, 0.717) is 5.52 Å². The van der Waals surface area contributed by atoms with Crippen LogP contribution in [-0.2, 0) is 0 Å². The van der Waals surface area contributed by atoms with Crippen molar-refractivity contribution in [3.05, 3.63) is 51.2 Å². The molecule has 1 heterocycles. The maximum atomic E-state index is 10.7. The van der Waals surface area contributed by atoms with Crippen molar-refractivity contribution in [3.8, 4) is 0 Å². The maximum Gasteiger partial charge on any atom is 0.240 e. The average molecular weight is 267 g/mol. The van der Waals surface area contributed by atoms with Crippen molar-refractivity contribution in [3.63, 3.8) is 0 Å². The summed E-state index contributed by atoms with van der Waals surface area (Å²) in [4.78, 5) is 14.2. The van der Waals surface area contributed by atoms with Gasteiger partial charge in [-0.1, -0.05) is 29.8 Å². The molecule has 0 fully saturated rings. The second kappa shape index (κ2) is 4.88. The fourth-order valence-electron chi connectivity index (χ4n) is 1.69. The van der Waals surface area contributed by atoms with Gasteiger partial charge in [0.05, 0.1) is 5.52 Å². The number of aliphatic hydroxyl groups excluding tert-OH is 1. The molecule has 0 aliphatic heterocycles. The van der Waals surface area contributed by atoms with E-state index in [2.05, 4.69) is 4.98 Å². The number of halogens is 1. The Kier molecular flexibility index (Phi) is 3.45.